The monoisotopic (exact) mass is 460 g/mol. The minimum Gasteiger partial charge on any atom is -0.497 e. The summed E-state index contributed by atoms with van der Waals surface area (Å²) < 4.78 is 24.0. The smallest absolute Gasteiger partial charge is 0.160 e. The van der Waals surface area contributed by atoms with Crippen LogP contribution >= 0.6 is 15.9 Å². The largest absolute Gasteiger partial charge is 0.497 e. The van der Waals surface area contributed by atoms with E-state index in [-0.39, 0.29) is 28.9 Å². The zero-order chi connectivity index (χ0) is 20.8. The highest BCUT2D eigenvalue weighted by Crippen LogP contribution is 2.23. The van der Waals surface area contributed by atoms with Gasteiger partial charge in [0.15, 0.2) is 5.84 Å². The highest BCUT2D eigenvalue weighted by Gasteiger charge is 2.16. The van der Waals surface area contributed by atoms with E-state index in [0.29, 0.717) is 16.8 Å². The Balaban J connectivity index is 1.76. The maximum atomic E-state index is 13.4. The molecule has 1 heterocycles. The van der Waals surface area contributed by atoms with E-state index in [1.54, 1.807) is 19.2 Å². The van der Waals surface area contributed by atoms with Gasteiger partial charge in [-0.25, -0.2) is 9.38 Å². The van der Waals surface area contributed by atoms with Gasteiger partial charge in [0.25, 0.3) is 0 Å². The summed E-state index contributed by atoms with van der Waals surface area (Å²) in [7, 11) is 1.58. The third-order valence-corrected chi connectivity index (χ3v) is 4.80. The van der Waals surface area contributed by atoms with E-state index in [4.69, 9.17) is 9.15 Å². The van der Waals surface area contributed by atoms with Crippen molar-refractivity contribution in [2.75, 3.05) is 7.11 Å². The molecule has 2 aromatic carbocycles. The van der Waals surface area contributed by atoms with Crippen LogP contribution in [-0.4, -0.2) is 23.9 Å². The predicted octanol–water partition coefficient (Wildman–Crippen LogP) is 4.60. The van der Waals surface area contributed by atoms with Crippen LogP contribution in [0, 0.1) is 5.82 Å². The number of ketones is 1. The lowest BCUT2D eigenvalue weighted by atomic mass is 10.0. The van der Waals surface area contributed by atoms with Crippen molar-refractivity contribution in [3.05, 3.63) is 82.0 Å². The molecule has 0 atom stereocenters. The van der Waals surface area contributed by atoms with Crippen molar-refractivity contribution < 1.29 is 23.5 Å². The average molecular weight is 461 g/mol. The highest BCUT2D eigenvalue weighted by molar-refractivity contribution is 9.10. The molecule has 29 heavy (non-hydrogen) atoms. The fourth-order valence-electron chi connectivity index (χ4n) is 2.74. The van der Waals surface area contributed by atoms with Crippen LogP contribution in [0.2, 0.25) is 0 Å². The Morgan fingerprint density at radius 2 is 1.97 bits per heavy atom. The van der Waals surface area contributed by atoms with E-state index in [1.807, 2.05) is 17.6 Å². The number of aliphatic imine (C=N–C) groups is 1. The average Bonchev–Trinajstić information content (AvgIpc) is 3.17. The third kappa shape index (κ3) is 5.30. The Kier molecular flexibility index (Phi) is 6.79. The first-order valence-electron chi connectivity index (χ1n) is 8.64. The van der Waals surface area contributed by atoms with Gasteiger partial charge in [-0.3, -0.25) is 15.5 Å². The van der Waals surface area contributed by atoms with Crippen molar-refractivity contribution in [1.29, 1.82) is 0 Å². The normalized spacial score (nSPS) is 11.4. The van der Waals surface area contributed by atoms with Crippen LogP contribution in [-0.2, 0) is 17.6 Å². The van der Waals surface area contributed by atoms with Gasteiger partial charge in [0.05, 0.1) is 29.1 Å². The minimum atomic E-state index is -0.421. The molecule has 0 spiro atoms. The summed E-state index contributed by atoms with van der Waals surface area (Å²) in [5.74, 6) is 0.361. The number of carbonyl (C=O) groups excluding carboxylic acids is 1. The Bertz CT molecular complexity index is 1030. The van der Waals surface area contributed by atoms with Crippen LogP contribution in [0.1, 0.15) is 16.7 Å². The number of methoxy groups -OCH3 is 1. The fraction of sp³-hybridized carbons (Fsp3) is 0.143. The number of hydrogen-bond donors (Lipinski definition) is 2. The summed E-state index contributed by atoms with van der Waals surface area (Å²) in [4.78, 5) is 16.8. The van der Waals surface area contributed by atoms with Crippen LogP contribution in [0.3, 0.4) is 0 Å². The van der Waals surface area contributed by atoms with Gasteiger partial charge in [0.1, 0.15) is 23.6 Å². The topological polar surface area (TPSA) is 84.1 Å². The summed E-state index contributed by atoms with van der Waals surface area (Å²) >= 11 is 3.10. The van der Waals surface area contributed by atoms with Gasteiger partial charge in [0, 0.05) is 18.4 Å². The Morgan fingerprint density at radius 3 is 2.62 bits per heavy atom. The quantitative estimate of drug-likeness (QED) is 0.305. The van der Waals surface area contributed by atoms with Crippen LogP contribution in [0.15, 0.2) is 68.9 Å². The molecule has 0 fully saturated rings. The molecule has 150 valence electrons. The second kappa shape index (κ2) is 9.49. The maximum absolute atomic E-state index is 13.4. The molecule has 0 bridgehead atoms. The van der Waals surface area contributed by atoms with Crippen molar-refractivity contribution in [3.8, 4) is 5.75 Å². The molecule has 0 aliphatic carbocycles. The van der Waals surface area contributed by atoms with E-state index in [1.165, 1.54) is 30.7 Å². The highest BCUT2D eigenvalue weighted by atomic mass is 79.9. The lowest BCUT2D eigenvalue weighted by molar-refractivity contribution is -0.117. The number of ether oxygens (including phenoxy) is 1. The van der Waals surface area contributed by atoms with E-state index >= 15 is 0 Å². The van der Waals surface area contributed by atoms with Crippen LogP contribution < -0.4 is 10.2 Å². The number of furan rings is 1. The van der Waals surface area contributed by atoms with Gasteiger partial charge in [-0.2, -0.15) is 0 Å². The Labute approximate surface area is 175 Å². The number of nitrogens with one attached hydrogen (secondary N) is 1. The van der Waals surface area contributed by atoms with E-state index in [2.05, 4.69) is 20.9 Å². The second-order valence-corrected chi connectivity index (χ2v) is 7.08. The lowest BCUT2D eigenvalue weighted by Crippen LogP contribution is -2.21. The molecule has 2 N–H and O–H groups in total. The van der Waals surface area contributed by atoms with Crippen molar-refractivity contribution in [2.24, 2.45) is 4.99 Å². The number of rotatable bonds is 7. The van der Waals surface area contributed by atoms with Crippen molar-refractivity contribution >= 4 is 33.2 Å². The minimum absolute atomic E-state index is 0.0281. The molecule has 0 amide bonds. The van der Waals surface area contributed by atoms with Gasteiger partial charge in [-0.1, -0.05) is 12.1 Å². The summed E-state index contributed by atoms with van der Waals surface area (Å²) in [6, 6.07) is 11.5. The van der Waals surface area contributed by atoms with Crippen molar-refractivity contribution in [3.63, 3.8) is 0 Å². The standard InChI is InChI=1S/C21H18BrFN2O4/c1-28-17-5-2-13(3-6-17)8-16(26)9-14-11-29-12-18(14)21(25-27)24-15-4-7-20(23)19(22)10-15/h2-7,10-12,27H,8-9H2,1H3,(H,24,25). The van der Waals surface area contributed by atoms with Gasteiger partial charge in [0.2, 0.25) is 0 Å². The number of hydroxylamine groups is 1. The number of nitrogens with zero attached hydrogens (tertiary/aromatic N) is 1. The lowest BCUT2D eigenvalue weighted by Gasteiger charge is -2.07. The van der Waals surface area contributed by atoms with Gasteiger partial charge in [-0.15, -0.1) is 0 Å². The van der Waals surface area contributed by atoms with Crippen molar-refractivity contribution in [2.45, 2.75) is 12.8 Å². The Morgan fingerprint density at radius 1 is 1.21 bits per heavy atom. The molecule has 1 aromatic heterocycles. The number of halogens is 2. The van der Waals surface area contributed by atoms with Crippen LogP contribution in [0.25, 0.3) is 0 Å². The first-order chi connectivity index (χ1) is 14.0. The number of carbonyl (C=O) groups is 1. The molecule has 0 saturated heterocycles. The molecule has 3 aromatic rings. The summed E-state index contributed by atoms with van der Waals surface area (Å²) in [5.41, 5.74) is 4.31. The van der Waals surface area contributed by atoms with E-state index < -0.39 is 5.82 Å². The maximum Gasteiger partial charge on any atom is 0.160 e. The predicted molar refractivity (Wildman–Crippen MR) is 109 cm³/mol. The molecule has 0 aliphatic heterocycles. The molecule has 3 rings (SSSR count). The fourth-order valence-corrected chi connectivity index (χ4v) is 3.11. The molecule has 6 nitrogen and oxygen atoms in total. The molecule has 0 unspecified atom stereocenters. The van der Waals surface area contributed by atoms with Gasteiger partial charge in [-0.05, 0) is 51.8 Å². The Hall–Kier alpha value is -2.97. The van der Waals surface area contributed by atoms with Crippen molar-refractivity contribution in [1.82, 2.24) is 5.48 Å². The first-order valence-corrected chi connectivity index (χ1v) is 9.43. The second-order valence-electron chi connectivity index (χ2n) is 6.22. The summed E-state index contributed by atoms with van der Waals surface area (Å²) in [6.07, 6.45) is 3.18. The number of hydrogen-bond acceptors (Lipinski definition) is 5. The van der Waals surface area contributed by atoms with E-state index in [9.17, 15) is 14.4 Å². The SMILES string of the molecule is COc1ccc(CC(=O)Cc2cocc2C(=Nc2ccc(F)c(Br)c2)NO)cc1. The number of Topliss-reactive ketones (excluding diaryl/α,β-unsaturated/α-hetero) is 1. The molecule has 0 aliphatic rings. The number of amidine groups is 1. The molecule has 8 heteroatoms. The van der Waals surface area contributed by atoms with Gasteiger partial charge < -0.3 is 9.15 Å². The summed E-state index contributed by atoms with van der Waals surface area (Å²) in [6.45, 7) is 0. The zero-order valence-electron chi connectivity index (χ0n) is 15.5. The van der Waals surface area contributed by atoms with E-state index in [0.717, 1.165) is 11.3 Å². The van der Waals surface area contributed by atoms with Crippen LogP contribution in [0.5, 0.6) is 5.75 Å². The molecular formula is C21H18BrFN2O4. The first kappa shape index (κ1) is 20.8. The molecule has 0 saturated carbocycles. The zero-order valence-corrected chi connectivity index (χ0v) is 17.1. The molecule has 0 radical (unpaired) electrons. The summed E-state index contributed by atoms with van der Waals surface area (Å²) in [5, 5.41) is 9.52. The number of benzene rings is 2. The van der Waals surface area contributed by atoms with Gasteiger partial charge >= 0.3 is 0 Å². The van der Waals surface area contributed by atoms with Crippen LogP contribution in [0.4, 0.5) is 10.1 Å². The molecular weight excluding hydrogens is 443 g/mol. The third-order valence-electron chi connectivity index (χ3n) is 4.20.